The van der Waals surface area contributed by atoms with E-state index in [0.717, 1.165) is 45.3 Å². The van der Waals surface area contributed by atoms with Crippen LogP contribution in [0.2, 0.25) is 0 Å². The van der Waals surface area contributed by atoms with Crippen molar-refractivity contribution in [1.29, 1.82) is 0 Å². The first-order chi connectivity index (χ1) is 23.6. The molecule has 6 aliphatic rings. The highest BCUT2D eigenvalue weighted by molar-refractivity contribution is 5.22. The Morgan fingerprint density at radius 3 is 2.44 bits per heavy atom. The van der Waals surface area contributed by atoms with E-state index in [9.17, 15) is 10.2 Å². The summed E-state index contributed by atoms with van der Waals surface area (Å²) in [6.07, 6.45) is 6.34. The van der Waals surface area contributed by atoms with E-state index in [1.165, 1.54) is 24.8 Å². The van der Waals surface area contributed by atoms with Gasteiger partial charge >= 0.3 is 0 Å². The van der Waals surface area contributed by atoms with Crippen molar-refractivity contribution in [2.75, 3.05) is 26.3 Å². The highest BCUT2D eigenvalue weighted by Gasteiger charge is 2.74. The monoisotopic (exact) mass is 696 g/mol. The minimum Gasteiger partial charge on any atom is -0.390 e. The molecule has 2 N–H and O–H groups in total. The second-order valence-electron chi connectivity index (χ2n) is 19.4. The predicted molar refractivity (Wildman–Crippen MR) is 196 cm³/mol. The molecule has 0 radical (unpaired) electrons. The molecule has 0 aromatic heterocycles. The van der Waals surface area contributed by atoms with Crippen LogP contribution in [0.15, 0.2) is 30.3 Å². The summed E-state index contributed by atoms with van der Waals surface area (Å²) in [5.74, 6) is 2.26. The number of nitrogens with zero attached hydrogens (tertiary/aromatic N) is 1. The van der Waals surface area contributed by atoms with Gasteiger partial charge in [-0.05, 0) is 117 Å². The fourth-order valence-corrected chi connectivity index (χ4v) is 13.8. The van der Waals surface area contributed by atoms with E-state index in [1.807, 2.05) is 20.8 Å². The molecule has 2 saturated heterocycles. The third-order valence-electron chi connectivity index (χ3n) is 16.2. The van der Waals surface area contributed by atoms with Crippen molar-refractivity contribution < 1.29 is 29.2 Å². The lowest BCUT2D eigenvalue weighted by atomic mass is 9.37. The summed E-state index contributed by atoms with van der Waals surface area (Å²) < 4.78 is 26.3. The maximum atomic E-state index is 12.6. The molecule has 14 atom stereocenters. The average Bonchev–Trinajstić information content (AvgIpc) is 3.24. The zero-order valence-corrected chi connectivity index (χ0v) is 32.7. The van der Waals surface area contributed by atoms with E-state index in [-0.39, 0.29) is 46.3 Å². The fourth-order valence-electron chi connectivity index (χ4n) is 13.8. The van der Waals surface area contributed by atoms with Gasteiger partial charge in [0, 0.05) is 31.7 Å². The van der Waals surface area contributed by atoms with Crippen LogP contribution < -0.4 is 0 Å². The van der Waals surface area contributed by atoms with E-state index < -0.39 is 17.8 Å². The molecule has 0 amide bonds. The summed E-state index contributed by atoms with van der Waals surface area (Å²) >= 11 is 0. The molecule has 50 heavy (non-hydrogen) atoms. The number of rotatable bonds is 8. The van der Waals surface area contributed by atoms with Gasteiger partial charge in [-0.15, -0.1) is 0 Å². The molecular weight excluding hydrogens is 626 g/mol. The smallest absolute Gasteiger partial charge is 0.170 e. The summed E-state index contributed by atoms with van der Waals surface area (Å²) in [5.41, 5.74) is 0.327. The van der Waals surface area contributed by atoms with Gasteiger partial charge in [0.1, 0.15) is 6.10 Å². The number of morpholine rings is 1. The Hall–Kier alpha value is -1.06. The molecule has 2 aliphatic heterocycles. The third-order valence-corrected chi connectivity index (χ3v) is 16.2. The quantitative estimate of drug-likeness (QED) is 0.292. The van der Waals surface area contributed by atoms with Crippen molar-refractivity contribution in [1.82, 2.24) is 4.90 Å². The van der Waals surface area contributed by atoms with Crippen molar-refractivity contribution in [2.45, 2.75) is 156 Å². The Bertz CT molecular complexity index is 1330. The van der Waals surface area contributed by atoms with Crippen molar-refractivity contribution in [3.05, 3.63) is 35.9 Å². The molecule has 7 nitrogen and oxygen atoms in total. The summed E-state index contributed by atoms with van der Waals surface area (Å²) in [6.45, 7) is 24.4. The van der Waals surface area contributed by atoms with Gasteiger partial charge in [0.05, 0.1) is 36.6 Å². The van der Waals surface area contributed by atoms with Crippen molar-refractivity contribution >= 4 is 0 Å². The van der Waals surface area contributed by atoms with Crippen molar-refractivity contribution in [2.24, 2.45) is 51.2 Å². The summed E-state index contributed by atoms with van der Waals surface area (Å²) in [6, 6.07) is 10.7. The molecule has 2 heterocycles. The topological polar surface area (TPSA) is 80.6 Å². The zero-order valence-electron chi connectivity index (χ0n) is 32.7. The van der Waals surface area contributed by atoms with E-state index in [0.29, 0.717) is 42.8 Å². The summed E-state index contributed by atoms with van der Waals surface area (Å²) in [5, 5.41) is 23.7. The standard InChI is InChI=1S/C43H69NO6/c1-10-47-38(40(5,6)46)31-24-27(2)35-36(49-31)37(45)43(9)30-16-17-32-39(3,4)33(19-20-41(32,7)29(30)18-21-42(35,43)8)50-34-26-44(22-23-48-34)25-28-14-12-11-13-15-28/h11-15,27,29-38,45-46H,10,16-26H2,1-9H3/t27-,29?,30-,31-,32+,33+,34+,35+,36+,37+,38+,41-,42-,43-/m1/s1. The van der Waals surface area contributed by atoms with Crippen LogP contribution in [0.25, 0.3) is 0 Å². The maximum Gasteiger partial charge on any atom is 0.170 e. The molecule has 1 aromatic rings. The van der Waals surface area contributed by atoms with Gasteiger partial charge in [-0.3, -0.25) is 4.90 Å². The minimum absolute atomic E-state index is 0.00144. The van der Waals surface area contributed by atoms with Gasteiger partial charge in [-0.1, -0.05) is 71.9 Å². The molecule has 4 saturated carbocycles. The lowest BCUT2D eigenvalue weighted by molar-refractivity contribution is -0.264. The van der Waals surface area contributed by atoms with Crippen molar-refractivity contribution in [3.63, 3.8) is 0 Å². The largest absolute Gasteiger partial charge is 0.390 e. The SMILES string of the molecule is CCO[C@@H]([C@H]1C[C@@H](C)[C@H]2[C@H](O1)[C@H](O)[C@@]1(C)[C@@H]3CC[C@H]4C(C)(C)[C@@H](O[C@H]5CN(Cc6ccccc6)CCO5)CC[C@]4(C)C3CC[C@]21C)C(C)(C)O. The van der Waals surface area contributed by atoms with Crippen LogP contribution in [0.3, 0.4) is 0 Å². The van der Waals surface area contributed by atoms with E-state index >= 15 is 0 Å². The van der Waals surface area contributed by atoms with Crippen LogP contribution in [0.5, 0.6) is 0 Å². The molecule has 282 valence electrons. The lowest BCUT2D eigenvalue weighted by Gasteiger charge is -2.68. The second kappa shape index (κ2) is 13.4. The predicted octanol–water partition coefficient (Wildman–Crippen LogP) is 7.47. The lowest BCUT2D eigenvalue weighted by Crippen LogP contribution is -2.63. The van der Waals surface area contributed by atoms with Crippen LogP contribution in [-0.4, -0.2) is 83.8 Å². The molecule has 6 fully saturated rings. The highest BCUT2D eigenvalue weighted by Crippen LogP contribution is 2.75. The number of aliphatic hydroxyl groups excluding tert-OH is 1. The van der Waals surface area contributed by atoms with Crippen LogP contribution in [-0.2, 0) is 25.5 Å². The van der Waals surface area contributed by atoms with Gasteiger partial charge in [0.15, 0.2) is 6.29 Å². The first-order valence-corrected chi connectivity index (χ1v) is 20.3. The first-order valence-electron chi connectivity index (χ1n) is 20.3. The number of ether oxygens (including phenoxy) is 4. The van der Waals surface area contributed by atoms with Crippen LogP contribution in [0, 0.1) is 51.2 Å². The Labute approximate surface area is 303 Å². The highest BCUT2D eigenvalue weighted by atomic mass is 16.7. The normalized spacial score (nSPS) is 46.7. The zero-order chi connectivity index (χ0) is 35.9. The Morgan fingerprint density at radius 2 is 1.74 bits per heavy atom. The average molecular weight is 696 g/mol. The Kier molecular flexibility index (Phi) is 9.95. The molecule has 0 spiro atoms. The third kappa shape index (κ3) is 5.87. The number of aliphatic hydroxyl groups is 2. The second-order valence-corrected chi connectivity index (χ2v) is 19.4. The molecule has 7 rings (SSSR count). The van der Waals surface area contributed by atoms with Crippen molar-refractivity contribution in [3.8, 4) is 0 Å². The van der Waals surface area contributed by atoms with Crippen LogP contribution >= 0.6 is 0 Å². The van der Waals surface area contributed by atoms with Gasteiger partial charge in [-0.25, -0.2) is 0 Å². The van der Waals surface area contributed by atoms with Crippen LogP contribution in [0.1, 0.15) is 113 Å². The summed E-state index contributed by atoms with van der Waals surface area (Å²) in [4.78, 5) is 2.48. The molecule has 1 unspecified atom stereocenters. The number of hydrogen-bond donors (Lipinski definition) is 2. The van der Waals surface area contributed by atoms with Gasteiger partial charge in [-0.2, -0.15) is 0 Å². The maximum absolute atomic E-state index is 12.6. The molecule has 1 aromatic carbocycles. The van der Waals surface area contributed by atoms with E-state index in [1.54, 1.807) is 0 Å². The van der Waals surface area contributed by atoms with E-state index in [2.05, 4.69) is 76.8 Å². The number of hydrogen-bond acceptors (Lipinski definition) is 7. The minimum atomic E-state index is -1.02. The Balaban J connectivity index is 1.08. The van der Waals surface area contributed by atoms with E-state index in [4.69, 9.17) is 18.9 Å². The van der Waals surface area contributed by atoms with Gasteiger partial charge in [0.2, 0.25) is 0 Å². The summed E-state index contributed by atoms with van der Waals surface area (Å²) in [7, 11) is 0. The molecular formula is C43H69NO6. The molecule has 0 bridgehead atoms. The molecule has 4 aliphatic carbocycles. The Morgan fingerprint density at radius 1 is 1.00 bits per heavy atom. The molecule has 7 heteroatoms. The number of benzene rings is 1. The first kappa shape index (κ1) is 37.3. The fraction of sp³-hybridized carbons (Fsp3) is 0.860. The number of fused-ring (bicyclic) bond motifs is 7. The van der Waals surface area contributed by atoms with Gasteiger partial charge < -0.3 is 29.2 Å². The van der Waals surface area contributed by atoms with Gasteiger partial charge in [0.25, 0.3) is 0 Å². The van der Waals surface area contributed by atoms with Crippen LogP contribution in [0.4, 0.5) is 0 Å².